The number of halogens is 2. The van der Waals surface area contributed by atoms with Crippen molar-refractivity contribution in [1.82, 2.24) is 0 Å². The maximum Gasteiger partial charge on any atom is 0.0713 e. The molecule has 1 N–H and O–H groups in total. The van der Waals surface area contributed by atoms with Crippen LogP contribution in [-0.2, 0) is 17.9 Å². The Morgan fingerprint density at radius 2 is 1.65 bits per heavy atom. The molecule has 0 aliphatic carbocycles. The van der Waals surface area contributed by atoms with E-state index < -0.39 is 0 Å². The number of hydrogen-bond donors (Lipinski definition) is 1. The molecule has 0 spiro atoms. The Balaban J connectivity index is 2.03. The van der Waals surface area contributed by atoms with Crippen LogP contribution in [0.1, 0.15) is 16.7 Å². The fourth-order valence-corrected chi connectivity index (χ4v) is 2.35. The molecule has 0 atom stereocenters. The van der Waals surface area contributed by atoms with Crippen molar-refractivity contribution in [2.75, 3.05) is 12.4 Å². The summed E-state index contributed by atoms with van der Waals surface area (Å²) >= 11 is 12.3. The Morgan fingerprint density at radius 1 is 1.00 bits per heavy atom. The number of methoxy groups -OCH3 is 1. The van der Waals surface area contributed by atoms with E-state index in [-0.39, 0.29) is 0 Å². The van der Waals surface area contributed by atoms with Crippen molar-refractivity contribution in [3.8, 4) is 0 Å². The topological polar surface area (TPSA) is 21.3 Å². The maximum absolute atomic E-state index is 6.20. The Morgan fingerprint density at radius 3 is 2.30 bits per heavy atom. The van der Waals surface area contributed by atoms with Gasteiger partial charge in [0, 0.05) is 18.7 Å². The Hall–Kier alpha value is -1.22. The molecule has 0 saturated heterocycles. The molecule has 0 aliphatic rings. The van der Waals surface area contributed by atoms with Gasteiger partial charge in [0.25, 0.3) is 0 Å². The van der Waals surface area contributed by atoms with E-state index in [1.54, 1.807) is 7.11 Å². The van der Waals surface area contributed by atoms with Crippen molar-refractivity contribution in [2.45, 2.75) is 20.1 Å². The highest BCUT2D eigenvalue weighted by Crippen LogP contribution is 2.29. The molecule has 0 aromatic heterocycles. The number of benzene rings is 2. The summed E-state index contributed by atoms with van der Waals surface area (Å²) in [6, 6.07) is 12.0. The molecule has 0 fully saturated rings. The van der Waals surface area contributed by atoms with E-state index >= 15 is 0 Å². The second kappa shape index (κ2) is 6.98. The highest BCUT2D eigenvalue weighted by atomic mass is 35.5. The van der Waals surface area contributed by atoms with E-state index in [1.807, 2.05) is 19.1 Å². The summed E-state index contributed by atoms with van der Waals surface area (Å²) in [5.41, 5.74) is 4.17. The van der Waals surface area contributed by atoms with Gasteiger partial charge >= 0.3 is 0 Å². The van der Waals surface area contributed by atoms with Gasteiger partial charge in [0.05, 0.1) is 17.3 Å². The first-order chi connectivity index (χ1) is 9.60. The number of ether oxygens (including phenoxy) is 1. The standard InChI is InChI=1S/C16H17Cl2NO/c1-11-7-15(18)16(8-14(11)17)19-9-12-3-5-13(6-4-12)10-20-2/h3-8,19H,9-10H2,1-2H3. The molecule has 2 aromatic rings. The molecule has 106 valence electrons. The van der Waals surface area contributed by atoms with Crippen molar-refractivity contribution in [1.29, 1.82) is 0 Å². The summed E-state index contributed by atoms with van der Waals surface area (Å²) in [5, 5.41) is 4.70. The van der Waals surface area contributed by atoms with Gasteiger partial charge in [-0.3, -0.25) is 0 Å². The summed E-state index contributed by atoms with van der Waals surface area (Å²) in [5.74, 6) is 0. The van der Waals surface area contributed by atoms with E-state index in [9.17, 15) is 0 Å². The van der Waals surface area contributed by atoms with Crippen LogP contribution in [-0.4, -0.2) is 7.11 Å². The average Bonchev–Trinajstić information content (AvgIpc) is 2.43. The largest absolute Gasteiger partial charge is 0.380 e. The maximum atomic E-state index is 6.20. The Bertz CT molecular complexity index is 582. The third-order valence-corrected chi connectivity index (χ3v) is 3.79. The normalized spacial score (nSPS) is 10.6. The zero-order valence-corrected chi connectivity index (χ0v) is 13.1. The molecule has 2 aromatic carbocycles. The molecule has 0 saturated carbocycles. The van der Waals surface area contributed by atoms with Gasteiger partial charge in [-0.1, -0.05) is 47.5 Å². The highest BCUT2D eigenvalue weighted by molar-refractivity contribution is 6.35. The average molecular weight is 310 g/mol. The number of anilines is 1. The third kappa shape index (κ3) is 3.89. The van der Waals surface area contributed by atoms with E-state index in [0.717, 1.165) is 16.8 Å². The molecule has 20 heavy (non-hydrogen) atoms. The first kappa shape index (κ1) is 15.2. The van der Waals surface area contributed by atoms with E-state index in [4.69, 9.17) is 27.9 Å². The van der Waals surface area contributed by atoms with E-state index in [1.165, 1.54) is 5.56 Å². The zero-order valence-electron chi connectivity index (χ0n) is 11.5. The molecule has 0 radical (unpaired) electrons. The first-order valence-corrected chi connectivity index (χ1v) is 7.12. The lowest BCUT2D eigenvalue weighted by atomic mass is 10.1. The second-order valence-corrected chi connectivity index (χ2v) is 5.50. The molecule has 0 bridgehead atoms. The van der Waals surface area contributed by atoms with Crippen molar-refractivity contribution >= 4 is 28.9 Å². The van der Waals surface area contributed by atoms with Crippen molar-refractivity contribution in [3.63, 3.8) is 0 Å². The van der Waals surface area contributed by atoms with Gasteiger partial charge in [-0.05, 0) is 35.7 Å². The SMILES string of the molecule is COCc1ccc(CNc2cc(Cl)c(C)cc2Cl)cc1. The predicted octanol–water partition coefficient (Wildman–Crippen LogP) is 5.06. The van der Waals surface area contributed by atoms with Gasteiger partial charge < -0.3 is 10.1 Å². The molecule has 0 unspecified atom stereocenters. The minimum Gasteiger partial charge on any atom is -0.380 e. The van der Waals surface area contributed by atoms with Crippen LogP contribution in [0, 0.1) is 6.92 Å². The fraction of sp³-hybridized carbons (Fsp3) is 0.250. The summed E-state index contributed by atoms with van der Waals surface area (Å²) in [7, 11) is 1.69. The van der Waals surface area contributed by atoms with Crippen LogP contribution in [0.2, 0.25) is 10.0 Å². The molecule has 2 rings (SSSR count). The summed E-state index contributed by atoms with van der Waals surface area (Å²) in [6.45, 7) is 3.27. The van der Waals surface area contributed by atoms with Gasteiger partial charge in [-0.2, -0.15) is 0 Å². The summed E-state index contributed by atoms with van der Waals surface area (Å²) in [4.78, 5) is 0. The van der Waals surface area contributed by atoms with E-state index in [2.05, 4.69) is 29.6 Å². The molecule has 0 amide bonds. The fourth-order valence-electron chi connectivity index (χ4n) is 1.90. The van der Waals surface area contributed by atoms with Crippen molar-refractivity contribution in [2.24, 2.45) is 0 Å². The van der Waals surface area contributed by atoms with Crippen LogP contribution in [0.5, 0.6) is 0 Å². The van der Waals surface area contributed by atoms with Crippen molar-refractivity contribution < 1.29 is 4.74 Å². The van der Waals surface area contributed by atoms with Crippen LogP contribution in [0.3, 0.4) is 0 Å². The van der Waals surface area contributed by atoms with Gasteiger partial charge in [0.2, 0.25) is 0 Å². The molecule has 2 nitrogen and oxygen atoms in total. The first-order valence-electron chi connectivity index (χ1n) is 6.36. The minimum absolute atomic E-state index is 0.632. The number of nitrogens with one attached hydrogen (secondary N) is 1. The van der Waals surface area contributed by atoms with Crippen LogP contribution in [0.4, 0.5) is 5.69 Å². The van der Waals surface area contributed by atoms with Gasteiger partial charge in [-0.25, -0.2) is 0 Å². The van der Waals surface area contributed by atoms with Crippen LogP contribution in [0.15, 0.2) is 36.4 Å². The highest BCUT2D eigenvalue weighted by Gasteiger charge is 2.04. The Kier molecular flexibility index (Phi) is 5.30. The molecular weight excluding hydrogens is 293 g/mol. The van der Waals surface area contributed by atoms with Gasteiger partial charge in [0.1, 0.15) is 0 Å². The predicted molar refractivity (Wildman–Crippen MR) is 85.7 cm³/mol. The minimum atomic E-state index is 0.632. The van der Waals surface area contributed by atoms with Gasteiger partial charge in [0.15, 0.2) is 0 Å². The second-order valence-electron chi connectivity index (χ2n) is 4.68. The monoisotopic (exact) mass is 309 g/mol. The lowest BCUT2D eigenvalue weighted by molar-refractivity contribution is 0.185. The van der Waals surface area contributed by atoms with Crippen LogP contribution < -0.4 is 5.32 Å². The number of hydrogen-bond acceptors (Lipinski definition) is 2. The van der Waals surface area contributed by atoms with Gasteiger partial charge in [-0.15, -0.1) is 0 Å². The van der Waals surface area contributed by atoms with E-state index in [0.29, 0.717) is 23.2 Å². The van der Waals surface area contributed by atoms with Crippen LogP contribution in [0.25, 0.3) is 0 Å². The number of aryl methyl sites for hydroxylation is 1. The molecule has 0 heterocycles. The smallest absolute Gasteiger partial charge is 0.0713 e. The summed E-state index contributed by atoms with van der Waals surface area (Å²) in [6.07, 6.45) is 0. The Labute approximate surface area is 129 Å². The molecule has 0 aliphatic heterocycles. The quantitative estimate of drug-likeness (QED) is 0.833. The lowest BCUT2D eigenvalue weighted by Gasteiger charge is -2.11. The molecule has 4 heteroatoms. The summed E-state index contributed by atoms with van der Waals surface area (Å²) < 4.78 is 5.09. The lowest BCUT2D eigenvalue weighted by Crippen LogP contribution is -2.00. The third-order valence-electron chi connectivity index (χ3n) is 3.07. The van der Waals surface area contributed by atoms with Crippen LogP contribution >= 0.6 is 23.2 Å². The number of rotatable bonds is 5. The van der Waals surface area contributed by atoms with Crippen molar-refractivity contribution in [3.05, 3.63) is 63.1 Å². The zero-order chi connectivity index (χ0) is 14.5. The molecular formula is C16H17Cl2NO.